The summed E-state index contributed by atoms with van der Waals surface area (Å²) in [5.41, 5.74) is 3.51. The Bertz CT molecular complexity index is 95.9. The summed E-state index contributed by atoms with van der Waals surface area (Å²) in [5.74, 6) is 0.944. The standard InChI is InChI=1S/C5H6Si/c1-2-5-4(1)3-6-5/h1-6H. The highest BCUT2D eigenvalue weighted by Gasteiger charge is 2.25. The Balaban J connectivity index is 2.40. The fraction of sp³-hybridized carbons (Fsp3) is 0.400. The molecule has 0 saturated heterocycles. The summed E-state index contributed by atoms with van der Waals surface area (Å²) in [4.78, 5) is 0. The number of allylic oxidation sites excluding steroid dienone is 2. The third kappa shape index (κ3) is 0.160. The first-order valence-electron chi connectivity index (χ1n) is 2.33. The topological polar surface area (TPSA) is 0 Å². The number of hydrogen-bond acceptors (Lipinski definition) is 0. The zero-order valence-electron chi connectivity index (χ0n) is 3.46. The maximum absolute atomic E-state index is 2.45. The lowest BCUT2D eigenvalue weighted by atomic mass is 9.96. The van der Waals surface area contributed by atoms with Crippen molar-refractivity contribution in [1.82, 2.24) is 0 Å². The van der Waals surface area contributed by atoms with Crippen LogP contribution in [0.4, 0.5) is 0 Å². The summed E-state index contributed by atoms with van der Waals surface area (Å²) in [6, 6.07) is 0. The van der Waals surface area contributed by atoms with Crippen molar-refractivity contribution in [2.24, 2.45) is 5.92 Å². The normalized spacial score (nSPS) is 46.7. The summed E-state index contributed by atoms with van der Waals surface area (Å²) in [5, 5.41) is 0. The average Bonchev–Trinajstić information content (AvgIpc) is 1.54. The molecule has 0 aromatic carbocycles. The van der Waals surface area contributed by atoms with Crippen LogP contribution in [0.25, 0.3) is 0 Å². The van der Waals surface area contributed by atoms with Gasteiger partial charge in [0.25, 0.3) is 0 Å². The average molecular weight is 94.2 g/mol. The molecule has 0 nitrogen and oxygen atoms in total. The van der Waals surface area contributed by atoms with Crippen LogP contribution in [0.2, 0.25) is 5.54 Å². The van der Waals surface area contributed by atoms with Gasteiger partial charge in [-0.3, -0.25) is 0 Å². The number of hydrogen-bond donors (Lipinski definition) is 0. The van der Waals surface area contributed by atoms with Gasteiger partial charge in [-0.05, 0) is 20.6 Å². The van der Waals surface area contributed by atoms with Gasteiger partial charge in [0, 0.05) is 0 Å². The molecular weight excluding hydrogens is 88.1 g/mol. The lowest BCUT2D eigenvalue weighted by molar-refractivity contribution is 0.797. The van der Waals surface area contributed by atoms with E-state index in [4.69, 9.17) is 0 Å². The first-order chi connectivity index (χ1) is 2.97. The van der Waals surface area contributed by atoms with E-state index in [0.717, 1.165) is 20.6 Å². The van der Waals surface area contributed by atoms with Crippen LogP contribution in [0.5, 0.6) is 0 Å². The second-order valence-electron chi connectivity index (χ2n) is 1.92. The molecule has 2 aliphatic rings. The van der Waals surface area contributed by atoms with Crippen LogP contribution in [0.15, 0.2) is 12.2 Å². The first-order valence-corrected chi connectivity index (χ1v) is 3.67. The van der Waals surface area contributed by atoms with Crippen LogP contribution in [0.3, 0.4) is 0 Å². The van der Waals surface area contributed by atoms with E-state index in [2.05, 4.69) is 17.8 Å². The van der Waals surface area contributed by atoms with E-state index in [0.29, 0.717) is 0 Å². The Hall–Kier alpha value is -0.173. The molecule has 6 heavy (non-hydrogen) atoms. The Morgan fingerprint density at radius 3 is 2.17 bits per heavy atom. The molecule has 0 aromatic heterocycles. The minimum atomic E-state index is 0.753. The molecule has 0 spiro atoms. The largest absolute Gasteiger partial charge is 0.0985 e. The van der Waals surface area contributed by atoms with Gasteiger partial charge in [-0.2, -0.15) is 0 Å². The van der Waals surface area contributed by atoms with E-state index < -0.39 is 0 Å². The van der Waals surface area contributed by atoms with Crippen molar-refractivity contribution < 1.29 is 0 Å². The second-order valence-corrected chi connectivity index (χ2v) is 3.46. The smallest absolute Gasteiger partial charge is 0.00285 e. The third-order valence-electron chi connectivity index (χ3n) is 1.56. The van der Waals surface area contributed by atoms with Gasteiger partial charge in [-0.25, -0.2) is 0 Å². The van der Waals surface area contributed by atoms with Gasteiger partial charge in [0.1, 0.15) is 0 Å². The molecule has 1 aliphatic carbocycles. The highest BCUT2D eigenvalue weighted by Crippen LogP contribution is 2.32. The molecule has 0 radical (unpaired) electrons. The molecule has 2 unspecified atom stereocenters. The number of fused-ring (bicyclic) bond motifs is 1. The fourth-order valence-electron chi connectivity index (χ4n) is 0.864. The summed E-state index contributed by atoms with van der Waals surface area (Å²) in [6.07, 6.45) is 4.63. The van der Waals surface area contributed by atoms with Crippen LogP contribution in [-0.4, -0.2) is 14.8 Å². The molecule has 2 rings (SSSR count). The van der Waals surface area contributed by atoms with Crippen LogP contribution >= 0.6 is 0 Å². The minimum absolute atomic E-state index is 0.753. The zero-order chi connectivity index (χ0) is 3.98. The molecule has 1 heterocycles. The molecule has 0 aromatic rings. The van der Waals surface area contributed by atoms with Gasteiger partial charge in [0.05, 0.1) is 0 Å². The van der Waals surface area contributed by atoms with Crippen LogP contribution in [-0.2, 0) is 0 Å². The van der Waals surface area contributed by atoms with E-state index in [1.165, 1.54) is 0 Å². The molecule has 0 saturated carbocycles. The van der Waals surface area contributed by atoms with Crippen molar-refractivity contribution >= 4 is 14.8 Å². The van der Waals surface area contributed by atoms with Crippen molar-refractivity contribution in [3.05, 3.63) is 12.2 Å². The zero-order valence-corrected chi connectivity index (χ0v) is 4.62. The van der Waals surface area contributed by atoms with Gasteiger partial charge < -0.3 is 0 Å². The Kier molecular flexibility index (Phi) is 0.355. The van der Waals surface area contributed by atoms with Gasteiger partial charge in [0.15, 0.2) is 0 Å². The van der Waals surface area contributed by atoms with Crippen molar-refractivity contribution in [2.75, 3.05) is 0 Å². The van der Waals surface area contributed by atoms with E-state index in [1.54, 1.807) is 0 Å². The van der Waals surface area contributed by atoms with E-state index >= 15 is 0 Å². The fourth-order valence-corrected chi connectivity index (χ4v) is 2.11. The summed E-state index contributed by atoms with van der Waals surface area (Å²) in [7, 11) is 0.753. The van der Waals surface area contributed by atoms with Crippen LogP contribution < -0.4 is 0 Å². The predicted octanol–water partition coefficient (Wildman–Crippen LogP) is 0.213. The third-order valence-corrected chi connectivity index (χ3v) is 3.33. The van der Waals surface area contributed by atoms with Gasteiger partial charge in [-0.1, -0.05) is 17.8 Å². The molecule has 0 N–H and O–H groups in total. The van der Waals surface area contributed by atoms with Crippen LogP contribution in [0, 0.1) is 5.92 Å². The molecule has 1 heteroatoms. The molecule has 0 bridgehead atoms. The number of rotatable bonds is 0. The Morgan fingerprint density at radius 2 is 2.17 bits per heavy atom. The Labute approximate surface area is 39.3 Å². The van der Waals surface area contributed by atoms with E-state index in [1.807, 2.05) is 0 Å². The highest BCUT2D eigenvalue weighted by molar-refractivity contribution is 6.57. The summed E-state index contributed by atoms with van der Waals surface area (Å²) >= 11 is 0. The van der Waals surface area contributed by atoms with Gasteiger partial charge in [-0.15, -0.1) is 0 Å². The van der Waals surface area contributed by atoms with Crippen molar-refractivity contribution in [3.8, 4) is 0 Å². The first kappa shape index (κ1) is 2.91. The molecule has 2 atom stereocenters. The van der Waals surface area contributed by atoms with E-state index in [9.17, 15) is 0 Å². The summed E-state index contributed by atoms with van der Waals surface area (Å²) < 4.78 is 0. The summed E-state index contributed by atoms with van der Waals surface area (Å²) in [6.45, 7) is 0. The van der Waals surface area contributed by atoms with Crippen LogP contribution in [0.1, 0.15) is 0 Å². The molecule has 0 fully saturated rings. The van der Waals surface area contributed by atoms with Crippen molar-refractivity contribution in [3.63, 3.8) is 0 Å². The van der Waals surface area contributed by atoms with Gasteiger partial charge >= 0.3 is 0 Å². The molecule has 0 amide bonds. The van der Waals surface area contributed by atoms with Crippen molar-refractivity contribution in [1.29, 1.82) is 0 Å². The monoisotopic (exact) mass is 94.0 g/mol. The minimum Gasteiger partial charge on any atom is -0.0985 e. The molecular formula is C5H6Si. The second kappa shape index (κ2) is 0.732. The lowest BCUT2D eigenvalue weighted by Crippen LogP contribution is -2.28. The maximum Gasteiger partial charge on any atom is -0.00285 e. The maximum atomic E-state index is 2.45. The Morgan fingerprint density at radius 1 is 1.33 bits per heavy atom. The quantitative estimate of drug-likeness (QED) is 0.297. The SMILES string of the molecule is C1=CC2[SiH]=CC12. The highest BCUT2D eigenvalue weighted by atomic mass is 28.2. The lowest BCUT2D eigenvalue weighted by Gasteiger charge is -2.31. The molecule has 1 aliphatic heterocycles. The van der Waals surface area contributed by atoms with E-state index in [-0.39, 0.29) is 0 Å². The van der Waals surface area contributed by atoms with Gasteiger partial charge in [0.2, 0.25) is 0 Å². The molecule has 30 valence electrons. The van der Waals surface area contributed by atoms with Crippen molar-refractivity contribution in [2.45, 2.75) is 5.54 Å². The predicted molar refractivity (Wildman–Crippen MR) is 29.6 cm³/mol.